The SMILES string of the molecule is COc1ccc(OCCOC(=O)C2CCCCN2C(=O)C(=O)[C@]2(O)CCCC[C@H]2C)cc1OC. The van der Waals surface area contributed by atoms with Crippen LogP contribution in [0.2, 0.25) is 0 Å². The molecule has 1 unspecified atom stereocenters. The molecule has 3 rings (SSSR count). The van der Waals surface area contributed by atoms with Gasteiger partial charge < -0.3 is 29.0 Å². The number of methoxy groups -OCH3 is 2. The van der Waals surface area contributed by atoms with Crippen LogP contribution in [0.4, 0.5) is 0 Å². The Morgan fingerprint density at radius 1 is 1.03 bits per heavy atom. The van der Waals surface area contributed by atoms with Crippen LogP contribution in [0.3, 0.4) is 0 Å². The molecule has 2 aliphatic rings. The minimum atomic E-state index is -1.66. The Hall–Kier alpha value is -2.81. The third-order valence-electron chi connectivity index (χ3n) is 6.83. The summed E-state index contributed by atoms with van der Waals surface area (Å²) in [7, 11) is 3.07. The number of Topliss-reactive ketones (excluding diaryl/α,β-unsaturated/α-hetero) is 1. The molecule has 0 spiro atoms. The number of piperidine rings is 1. The molecule has 188 valence electrons. The van der Waals surface area contributed by atoms with Crippen LogP contribution < -0.4 is 14.2 Å². The molecule has 1 heterocycles. The predicted octanol–water partition coefficient (Wildman–Crippen LogP) is 2.52. The summed E-state index contributed by atoms with van der Waals surface area (Å²) < 4.78 is 21.4. The van der Waals surface area contributed by atoms with Crippen LogP contribution in [0.25, 0.3) is 0 Å². The van der Waals surface area contributed by atoms with E-state index in [1.54, 1.807) is 32.2 Å². The van der Waals surface area contributed by atoms with Crippen LogP contribution in [0.15, 0.2) is 18.2 Å². The summed E-state index contributed by atoms with van der Waals surface area (Å²) in [5.41, 5.74) is -1.66. The van der Waals surface area contributed by atoms with Crippen molar-refractivity contribution in [3.05, 3.63) is 18.2 Å². The Balaban J connectivity index is 1.56. The monoisotopic (exact) mass is 477 g/mol. The van der Waals surface area contributed by atoms with E-state index in [9.17, 15) is 19.5 Å². The van der Waals surface area contributed by atoms with E-state index in [0.717, 1.165) is 12.8 Å². The lowest BCUT2D eigenvalue weighted by molar-refractivity contribution is -0.167. The maximum Gasteiger partial charge on any atom is 0.328 e. The summed E-state index contributed by atoms with van der Waals surface area (Å²) in [6, 6.07) is 4.26. The van der Waals surface area contributed by atoms with E-state index in [-0.39, 0.29) is 32.1 Å². The normalized spacial score (nSPS) is 24.8. The molecule has 1 aromatic carbocycles. The Morgan fingerprint density at radius 3 is 2.47 bits per heavy atom. The fourth-order valence-electron chi connectivity index (χ4n) is 4.71. The topological polar surface area (TPSA) is 112 Å². The van der Waals surface area contributed by atoms with Gasteiger partial charge in [0.2, 0.25) is 0 Å². The molecule has 9 heteroatoms. The average Bonchev–Trinajstić information content (AvgIpc) is 2.87. The molecule has 9 nitrogen and oxygen atoms in total. The summed E-state index contributed by atoms with van der Waals surface area (Å²) in [6.07, 6.45) is 4.46. The van der Waals surface area contributed by atoms with Gasteiger partial charge in [0.25, 0.3) is 11.7 Å². The summed E-state index contributed by atoms with van der Waals surface area (Å²) in [5, 5.41) is 10.9. The number of carbonyl (C=O) groups is 3. The number of hydrogen-bond acceptors (Lipinski definition) is 8. The second kappa shape index (κ2) is 11.6. The molecule has 0 radical (unpaired) electrons. The number of rotatable bonds is 9. The highest BCUT2D eigenvalue weighted by Gasteiger charge is 2.48. The van der Waals surface area contributed by atoms with Gasteiger partial charge in [0.1, 0.15) is 30.6 Å². The van der Waals surface area contributed by atoms with Crippen LogP contribution in [-0.4, -0.2) is 73.3 Å². The van der Waals surface area contributed by atoms with Crippen LogP contribution >= 0.6 is 0 Å². The zero-order chi connectivity index (χ0) is 24.7. The highest BCUT2D eigenvalue weighted by Crippen LogP contribution is 2.35. The Kier molecular flexibility index (Phi) is 8.77. The molecule has 1 amide bonds. The minimum Gasteiger partial charge on any atom is -0.493 e. The molecule has 0 bridgehead atoms. The number of ketones is 1. The van der Waals surface area contributed by atoms with E-state index < -0.39 is 29.3 Å². The van der Waals surface area contributed by atoms with Crippen molar-refractivity contribution < 1.29 is 38.4 Å². The lowest BCUT2D eigenvalue weighted by Gasteiger charge is -2.39. The van der Waals surface area contributed by atoms with E-state index in [0.29, 0.717) is 42.9 Å². The van der Waals surface area contributed by atoms with Gasteiger partial charge in [0.15, 0.2) is 11.5 Å². The number of aliphatic hydroxyl groups is 1. The van der Waals surface area contributed by atoms with Gasteiger partial charge in [-0.3, -0.25) is 9.59 Å². The number of esters is 1. The first-order chi connectivity index (χ1) is 16.3. The van der Waals surface area contributed by atoms with Gasteiger partial charge in [-0.05, 0) is 50.2 Å². The summed E-state index contributed by atoms with van der Waals surface area (Å²) >= 11 is 0. The highest BCUT2D eigenvalue weighted by atomic mass is 16.6. The molecule has 0 aromatic heterocycles. The molecule has 1 N–H and O–H groups in total. The first kappa shape index (κ1) is 25.8. The third kappa shape index (κ3) is 5.63. The van der Waals surface area contributed by atoms with Gasteiger partial charge in [0.05, 0.1) is 14.2 Å². The second-order valence-electron chi connectivity index (χ2n) is 8.94. The predicted molar refractivity (Wildman–Crippen MR) is 123 cm³/mol. The standard InChI is InChI=1S/C25H35NO8/c1-17-8-4-6-12-25(17,30)22(27)23(28)26-13-7-5-9-19(26)24(29)34-15-14-33-18-10-11-20(31-2)21(16-18)32-3/h10-11,16-17,19,30H,4-9,12-15H2,1-3H3/t17-,19?,25+/m1/s1. The van der Waals surface area contributed by atoms with Crippen molar-refractivity contribution >= 4 is 17.7 Å². The second-order valence-corrected chi connectivity index (χ2v) is 8.94. The van der Waals surface area contributed by atoms with Crippen molar-refractivity contribution in [3.8, 4) is 17.2 Å². The molecule has 1 saturated carbocycles. The summed E-state index contributed by atoms with van der Waals surface area (Å²) in [4.78, 5) is 40.1. The molecule has 3 atom stereocenters. The molecule has 1 aromatic rings. The van der Waals surface area contributed by atoms with Crippen molar-refractivity contribution in [2.24, 2.45) is 5.92 Å². The largest absolute Gasteiger partial charge is 0.493 e. The Morgan fingerprint density at radius 2 is 1.76 bits per heavy atom. The number of hydrogen-bond donors (Lipinski definition) is 1. The van der Waals surface area contributed by atoms with Crippen LogP contribution in [0.1, 0.15) is 51.9 Å². The fourth-order valence-corrected chi connectivity index (χ4v) is 4.71. The smallest absolute Gasteiger partial charge is 0.328 e. The molecular weight excluding hydrogens is 442 g/mol. The third-order valence-corrected chi connectivity index (χ3v) is 6.83. The zero-order valence-electron chi connectivity index (χ0n) is 20.2. The molecule has 2 fully saturated rings. The number of ether oxygens (including phenoxy) is 4. The van der Waals surface area contributed by atoms with Crippen LogP contribution in [0.5, 0.6) is 17.2 Å². The number of benzene rings is 1. The van der Waals surface area contributed by atoms with Gasteiger partial charge >= 0.3 is 5.97 Å². The van der Waals surface area contributed by atoms with Crippen molar-refractivity contribution in [1.82, 2.24) is 4.90 Å². The van der Waals surface area contributed by atoms with Crippen molar-refractivity contribution in [1.29, 1.82) is 0 Å². The number of nitrogens with zero attached hydrogens (tertiary/aromatic N) is 1. The van der Waals surface area contributed by atoms with E-state index >= 15 is 0 Å². The first-order valence-electron chi connectivity index (χ1n) is 11.9. The van der Waals surface area contributed by atoms with E-state index in [4.69, 9.17) is 18.9 Å². The lowest BCUT2D eigenvalue weighted by atomic mass is 9.73. The molecular formula is C25H35NO8. The van der Waals surface area contributed by atoms with Gasteiger partial charge in [0, 0.05) is 12.6 Å². The van der Waals surface area contributed by atoms with Crippen molar-refractivity contribution in [2.75, 3.05) is 34.0 Å². The fraction of sp³-hybridized carbons (Fsp3) is 0.640. The average molecular weight is 478 g/mol. The quantitative estimate of drug-likeness (QED) is 0.328. The van der Waals surface area contributed by atoms with Crippen molar-refractivity contribution in [3.63, 3.8) is 0 Å². The Labute approximate surface area is 200 Å². The number of carbonyl (C=O) groups excluding carboxylic acids is 3. The van der Waals surface area contributed by atoms with E-state index in [2.05, 4.69) is 0 Å². The summed E-state index contributed by atoms with van der Waals surface area (Å²) in [5.74, 6) is -0.835. The van der Waals surface area contributed by atoms with Crippen molar-refractivity contribution in [2.45, 2.75) is 63.5 Å². The first-order valence-corrected chi connectivity index (χ1v) is 11.9. The van der Waals surface area contributed by atoms with Gasteiger partial charge in [-0.2, -0.15) is 0 Å². The summed E-state index contributed by atoms with van der Waals surface area (Å²) in [6.45, 7) is 2.18. The van der Waals surface area contributed by atoms with Gasteiger partial charge in [-0.25, -0.2) is 4.79 Å². The zero-order valence-corrected chi connectivity index (χ0v) is 20.2. The van der Waals surface area contributed by atoms with Gasteiger partial charge in [-0.1, -0.05) is 19.8 Å². The molecule has 1 aliphatic heterocycles. The van der Waals surface area contributed by atoms with Crippen LogP contribution in [0, 0.1) is 5.92 Å². The minimum absolute atomic E-state index is 0.0133. The molecule has 1 saturated heterocycles. The molecule has 34 heavy (non-hydrogen) atoms. The highest BCUT2D eigenvalue weighted by molar-refractivity contribution is 6.39. The van der Waals surface area contributed by atoms with Crippen LogP contribution in [-0.2, 0) is 19.1 Å². The van der Waals surface area contributed by atoms with E-state index in [1.165, 1.54) is 12.0 Å². The number of likely N-dealkylation sites (tertiary alicyclic amines) is 1. The Bertz CT molecular complexity index is 888. The van der Waals surface area contributed by atoms with E-state index in [1.807, 2.05) is 0 Å². The molecule has 1 aliphatic carbocycles. The maximum atomic E-state index is 13.1. The lowest BCUT2D eigenvalue weighted by Crippen LogP contribution is -2.58. The maximum absolute atomic E-state index is 13.1. The number of amides is 1. The van der Waals surface area contributed by atoms with Gasteiger partial charge in [-0.15, -0.1) is 0 Å².